The largest absolute Gasteiger partial charge is 0.361 e. The van der Waals surface area contributed by atoms with Crippen LogP contribution in [0.2, 0.25) is 0 Å². The van der Waals surface area contributed by atoms with Gasteiger partial charge in [0.1, 0.15) is 0 Å². The Labute approximate surface area is 129 Å². The van der Waals surface area contributed by atoms with E-state index in [1.54, 1.807) is 17.0 Å². The van der Waals surface area contributed by atoms with Crippen LogP contribution in [0.4, 0.5) is 5.82 Å². The van der Waals surface area contributed by atoms with Gasteiger partial charge in [0.2, 0.25) is 0 Å². The molecule has 1 N–H and O–H groups in total. The minimum atomic E-state index is -0.269. The number of aromatic nitrogens is 2. The Morgan fingerprint density at radius 2 is 2.00 bits per heavy atom. The fraction of sp³-hybridized carbons (Fsp3) is 0.375. The number of nitrogens with zero attached hydrogens (tertiary/aromatic N) is 2. The van der Waals surface area contributed by atoms with Crippen molar-refractivity contribution in [2.75, 3.05) is 5.32 Å². The molecule has 4 nitrogen and oxygen atoms in total. The van der Waals surface area contributed by atoms with Crippen LogP contribution in [-0.4, -0.2) is 9.55 Å². The quantitative estimate of drug-likeness (QED) is 0.881. The Bertz CT molecular complexity index is 674. The van der Waals surface area contributed by atoms with E-state index in [4.69, 9.17) is 11.6 Å². The number of rotatable bonds is 4. The first-order valence-electron chi connectivity index (χ1n) is 6.87. The Balaban J connectivity index is 2.19. The summed E-state index contributed by atoms with van der Waals surface area (Å²) in [4.78, 5) is 16.5. The highest BCUT2D eigenvalue weighted by Gasteiger charge is 2.16. The van der Waals surface area contributed by atoms with Crippen LogP contribution in [0.15, 0.2) is 41.5 Å². The van der Waals surface area contributed by atoms with E-state index in [-0.39, 0.29) is 11.1 Å². The Kier molecular flexibility index (Phi) is 4.68. The van der Waals surface area contributed by atoms with Crippen molar-refractivity contribution in [2.24, 2.45) is 0 Å². The number of benzene rings is 1. The normalized spacial score (nSPS) is 11.4. The summed E-state index contributed by atoms with van der Waals surface area (Å²) >= 11 is 5.83. The lowest BCUT2D eigenvalue weighted by molar-refractivity contribution is 0.383. The molecular weight excluding hydrogens is 286 g/mol. The molecule has 112 valence electrons. The summed E-state index contributed by atoms with van der Waals surface area (Å²) in [6.07, 6.45) is 3.35. The first-order valence-corrected chi connectivity index (χ1v) is 7.41. The number of nitrogens with one attached hydrogen (secondary N) is 1. The fourth-order valence-electron chi connectivity index (χ4n) is 2.07. The van der Waals surface area contributed by atoms with E-state index in [2.05, 4.69) is 10.3 Å². The summed E-state index contributed by atoms with van der Waals surface area (Å²) in [5, 5.41) is 3.11. The Morgan fingerprint density at radius 1 is 1.29 bits per heavy atom. The van der Waals surface area contributed by atoms with Gasteiger partial charge in [-0.2, -0.15) is 0 Å². The average molecular weight is 306 g/mol. The summed E-state index contributed by atoms with van der Waals surface area (Å²) in [6, 6.07) is 7.95. The van der Waals surface area contributed by atoms with Crippen molar-refractivity contribution >= 4 is 17.4 Å². The predicted octanol–water partition coefficient (Wildman–Crippen LogP) is 3.35. The van der Waals surface area contributed by atoms with Crippen LogP contribution >= 0.6 is 11.6 Å². The molecule has 2 rings (SSSR count). The lowest BCUT2D eigenvalue weighted by Gasteiger charge is -2.22. The molecule has 21 heavy (non-hydrogen) atoms. The van der Waals surface area contributed by atoms with Gasteiger partial charge in [-0.1, -0.05) is 24.3 Å². The number of anilines is 1. The maximum atomic E-state index is 12.4. The molecule has 1 heterocycles. The van der Waals surface area contributed by atoms with Crippen molar-refractivity contribution in [1.82, 2.24) is 9.55 Å². The van der Waals surface area contributed by atoms with Crippen molar-refractivity contribution < 1.29 is 0 Å². The highest BCUT2D eigenvalue weighted by molar-refractivity contribution is 6.17. The van der Waals surface area contributed by atoms with E-state index in [0.29, 0.717) is 18.2 Å². The van der Waals surface area contributed by atoms with Gasteiger partial charge in [-0.05, 0) is 31.9 Å². The SMILES string of the molecule is CC(C)(C)n1ccnc(NCc2cccc(CCl)c2)c1=O. The molecule has 0 atom stereocenters. The zero-order chi connectivity index (χ0) is 15.5. The van der Waals surface area contributed by atoms with Gasteiger partial charge >= 0.3 is 0 Å². The van der Waals surface area contributed by atoms with Crippen molar-refractivity contribution in [1.29, 1.82) is 0 Å². The summed E-state index contributed by atoms with van der Waals surface area (Å²) < 4.78 is 1.68. The molecule has 0 bridgehead atoms. The van der Waals surface area contributed by atoms with Gasteiger partial charge in [0, 0.05) is 30.4 Å². The molecule has 0 unspecified atom stereocenters. The Morgan fingerprint density at radius 3 is 2.67 bits per heavy atom. The van der Waals surface area contributed by atoms with Gasteiger partial charge in [-0.25, -0.2) is 4.98 Å². The predicted molar refractivity (Wildman–Crippen MR) is 86.8 cm³/mol. The summed E-state index contributed by atoms with van der Waals surface area (Å²) in [6.45, 7) is 6.51. The molecule has 5 heteroatoms. The molecule has 0 radical (unpaired) electrons. The molecule has 0 spiro atoms. The van der Waals surface area contributed by atoms with E-state index < -0.39 is 0 Å². The zero-order valence-electron chi connectivity index (χ0n) is 12.6. The van der Waals surface area contributed by atoms with Crippen LogP contribution in [0.25, 0.3) is 0 Å². The maximum Gasteiger partial charge on any atom is 0.293 e. The van der Waals surface area contributed by atoms with Crippen LogP contribution in [0.3, 0.4) is 0 Å². The number of hydrogen-bond acceptors (Lipinski definition) is 3. The third-order valence-corrected chi connectivity index (χ3v) is 3.48. The van der Waals surface area contributed by atoms with Gasteiger partial charge in [-0.3, -0.25) is 4.79 Å². The summed E-state index contributed by atoms with van der Waals surface area (Å²) in [5.74, 6) is 0.845. The van der Waals surface area contributed by atoms with E-state index in [1.165, 1.54) is 0 Å². The van der Waals surface area contributed by atoms with E-state index in [9.17, 15) is 4.79 Å². The highest BCUT2D eigenvalue weighted by atomic mass is 35.5. The second-order valence-electron chi connectivity index (χ2n) is 5.93. The van der Waals surface area contributed by atoms with E-state index in [1.807, 2.05) is 45.0 Å². The molecule has 0 amide bonds. The van der Waals surface area contributed by atoms with E-state index >= 15 is 0 Å². The van der Waals surface area contributed by atoms with Crippen molar-refractivity contribution in [2.45, 2.75) is 38.7 Å². The minimum Gasteiger partial charge on any atom is -0.361 e. The number of alkyl halides is 1. The Hall–Kier alpha value is -1.81. The number of halogens is 1. The lowest BCUT2D eigenvalue weighted by atomic mass is 10.1. The van der Waals surface area contributed by atoms with Gasteiger partial charge in [0.05, 0.1) is 0 Å². The van der Waals surface area contributed by atoms with Gasteiger partial charge in [-0.15, -0.1) is 11.6 Å². The monoisotopic (exact) mass is 305 g/mol. The molecule has 1 aromatic carbocycles. The van der Waals surface area contributed by atoms with Crippen molar-refractivity contribution in [3.05, 3.63) is 58.1 Å². The molecule has 1 aromatic heterocycles. The van der Waals surface area contributed by atoms with Crippen LogP contribution in [0.1, 0.15) is 31.9 Å². The first-order chi connectivity index (χ1) is 9.91. The van der Waals surface area contributed by atoms with Crippen LogP contribution in [-0.2, 0) is 18.0 Å². The van der Waals surface area contributed by atoms with Gasteiger partial charge < -0.3 is 9.88 Å². The third-order valence-electron chi connectivity index (χ3n) is 3.17. The minimum absolute atomic E-state index is 0.113. The lowest BCUT2D eigenvalue weighted by Crippen LogP contribution is -2.35. The van der Waals surface area contributed by atoms with Crippen molar-refractivity contribution in [3.8, 4) is 0 Å². The third kappa shape index (κ3) is 3.85. The topological polar surface area (TPSA) is 46.9 Å². The second-order valence-corrected chi connectivity index (χ2v) is 6.20. The zero-order valence-corrected chi connectivity index (χ0v) is 13.3. The molecule has 0 fully saturated rings. The fourth-order valence-corrected chi connectivity index (χ4v) is 2.24. The van der Waals surface area contributed by atoms with Crippen LogP contribution < -0.4 is 10.9 Å². The van der Waals surface area contributed by atoms with Gasteiger partial charge in [0.25, 0.3) is 5.56 Å². The standard InChI is InChI=1S/C16H20ClN3O/c1-16(2,3)20-8-7-18-14(15(20)21)19-11-13-6-4-5-12(9-13)10-17/h4-9H,10-11H2,1-3H3,(H,18,19). The van der Waals surface area contributed by atoms with Crippen LogP contribution in [0, 0.1) is 0 Å². The molecule has 0 saturated heterocycles. The molecule has 0 aliphatic heterocycles. The molecule has 0 saturated carbocycles. The van der Waals surface area contributed by atoms with Crippen LogP contribution in [0.5, 0.6) is 0 Å². The molecular formula is C16H20ClN3O. The smallest absolute Gasteiger partial charge is 0.293 e. The first kappa shape index (κ1) is 15.6. The number of hydrogen-bond donors (Lipinski definition) is 1. The molecule has 2 aromatic rings. The van der Waals surface area contributed by atoms with Crippen molar-refractivity contribution in [3.63, 3.8) is 0 Å². The second kappa shape index (κ2) is 6.31. The maximum absolute atomic E-state index is 12.4. The van der Waals surface area contributed by atoms with E-state index in [0.717, 1.165) is 11.1 Å². The summed E-state index contributed by atoms with van der Waals surface area (Å²) in [5.41, 5.74) is 1.75. The highest BCUT2D eigenvalue weighted by Crippen LogP contribution is 2.12. The summed E-state index contributed by atoms with van der Waals surface area (Å²) in [7, 11) is 0. The molecule has 0 aliphatic rings. The molecule has 0 aliphatic carbocycles. The van der Waals surface area contributed by atoms with Gasteiger partial charge in [0.15, 0.2) is 5.82 Å². The average Bonchev–Trinajstić information content (AvgIpc) is 2.45.